The molecule has 2 unspecified atom stereocenters. The number of benzene rings is 1. The van der Waals surface area contributed by atoms with E-state index in [1.54, 1.807) is 27.5 Å². The summed E-state index contributed by atoms with van der Waals surface area (Å²) in [6, 6.07) is 6.27. The molecule has 1 aliphatic carbocycles. The van der Waals surface area contributed by atoms with Gasteiger partial charge in [-0.3, -0.25) is 4.90 Å². The topological polar surface area (TPSA) is 86.2 Å². The van der Waals surface area contributed by atoms with Crippen molar-refractivity contribution < 1.29 is 24.1 Å². The van der Waals surface area contributed by atoms with Crippen molar-refractivity contribution in [3.05, 3.63) is 35.5 Å². The number of hydrogen-bond donors (Lipinski definition) is 1. The van der Waals surface area contributed by atoms with Crippen LogP contribution in [0, 0.1) is 11.8 Å². The quantitative estimate of drug-likeness (QED) is 0.719. The van der Waals surface area contributed by atoms with Crippen LogP contribution in [0.2, 0.25) is 0 Å². The minimum Gasteiger partial charge on any atom is -0.493 e. The van der Waals surface area contributed by atoms with Gasteiger partial charge in [0.25, 0.3) is 0 Å². The van der Waals surface area contributed by atoms with Crippen molar-refractivity contribution in [3.8, 4) is 23.4 Å². The molecule has 8 heteroatoms. The third kappa shape index (κ3) is 3.90. The summed E-state index contributed by atoms with van der Waals surface area (Å²) in [6.07, 6.45) is 4.68. The SMILES string of the molecule is COc1ncc(C2(O)C3CCCC2CN(Cc2ccc(OC)c(OC)c2)C3)c(OC)n1. The Morgan fingerprint density at radius 2 is 1.71 bits per heavy atom. The molecule has 2 heterocycles. The molecule has 0 radical (unpaired) electrons. The van der Waals surface area contributed by atoms with E-state index < -0.39 is 5.60 Å². The van der Waals surface area contributed by atoms with E-state index in [0.29, 0.717) is 11.4 Å². The zero-order chi connectivity index (χ0) is 22.0. The zero-order valence-corrected chi connectivity index (χ0v) is 18.6. The minimum atomic E-state index is -1.01. The maximum absolute atomic E-state index is 12.0. The summed E-state index contributed by atoms with van der Waals surface area (Å²) in [5.74, 6) is 1.99. The summed E-state index contributed by atoms with van der Waals surface area (Å²) in [5, 5.41) is 12.0. The van der Waals surface area contributed by atoms with Gasteiger partial charge in [0.05, 0.1) is 34.0 Å². The lowest BCUT2D eigenvalue weighted by atomic mass is 9.63. The number of methoxy groups -OCH3 is 4. The Hall–Kier alpha value is -2.58. The van der Waals surface area contributed by atoms with Gasteiger partial charge in [0.2, 0.25) is 5.88 Å². The van der Waals surface area contributed by atoms with Crippen LogP contribution in [0.5, 0.6) is 23.4 Å². The Balaban J connectivity index is 1.58. The molecule has 0 amide bonds. The highest BCUT2D eigenvalue weighted by atomic mass is 16.5. The second-order valence-corrected chi connectivity index (χ2v) is 8.31. The predicted molar refractivity (Wildman–Crippen MR) is 115 cm³/mol. The van der Waals surface area contributed by atoms with Crippen LogP contribution >= 0.6 is 0 Å². The Bertz CT molecular complexity index is 908. The normalized spacial score (nSPS) is 25.7. The number of aliphatic hydroxyl groups is 1. The molecule has 8 nitrogen and oxygen atoms in total. The van der Waals surface area contributed by atoms with Gasteiger partial charge >= 0.3 is 6.01 Å². The first kappa shape index (κ1) is 21.6. The Morgan fingerprint density at radius 3 is 2.32 bits per heavy atom. The van der Waals surface area contributed by atoms with Gasteiger partial charge in [0.1, 0.15) is 5.60 Å². The van der Waals surface area contributed by atoms with Crippen LogP contribution in [-0.2, 0) is 12.1 Å². The molecule has 1 saturated carbocycles. The fourth-order valence-electron chi connectivity index (χ4n) is 5.23. The first-order valence-corrected chi connectivity index (χ1v) is 10.6. The molecule has 1 aromatic carbocycles. The molecule has 2 fully saturated rings. The molecule has 2 atom stereocenters. The Kier molecular flexibility index (Phi) is 6.20. The number of ether oxygens (including phenoxy) is 4. The predicted octanol–water partition coefficient (Wildman–Crippen LogP) is 2.63. The summed E-state index contributed by atoms with van der Waals surface area (Å²) in [6.45, 7) is 2.37. The van der Waals surface area contributed by atoms with Crippen molar-refractivity contribution in [2.75, 3.05) is 41.5 Å². The van der Waals surface area contributed by atoms with Crippen LogP contribution in [0.1, 0.15) is 30.4 Å². The smallest absolute Gasteiger partial charge is 0.319 e. The van der Waals surface area contributed by atoms with E-state index >= 15 is 0 Å². The molecular formula is C23H31N3O5. The zero-order valence-electron chi connectivity index (χ0n) is 18.6. The number of likely N-dealkylation sites (tertiary alicyclic amines) is 1. The molecule has 1 aliphatic heterocycles. The third-order valence-electron chi connectivity index (χ3n) is 6.70. The highest BCUT2D eigenvalue weighted by Gasteiger charge is 2.53. The molecule has 2 bridgehead atoms. The molecule has 0 spiro atoms. The second kappa shape index (κ2) is 8.88. The number of aromatic nitrogens is 2. The number of rotatable bonds is 7. The Morgan fingerprint density at radius 1 is 1.00 bits per heavy atom. The lowest BCUT2D eigenvalue weighted by molar-refractivity contribution is -0.149. The molecule has 1 saturated heterocycles. The average Bonchev–Trinajstić information content (AvgIpc) is 2.79. The highest BCUT2D eigenvalue weighted by Crippen LogP contribution is 2.51. The van der Waals surface area contributed by atoms with Crippen LogP contribution in [0.25, 0.3) is 0 Å². The van der Waals surface area contributed by atoms with Gasteiger partial charge in [-0.1, -0.05) is 12.5 Å². The van der Waals surface area contributed by atoms with Gasteiger partial charge in [-0.25, -0.2) is 4.98 Å². The van der Waals surface area contributed by atoms with E-state index in [1.807, 2.05) is 12.1 Å². The van der Waals surface area contributed by atoms with Crippen LogP contribution in [0.15, 0.2) is 24.4 Å². The summed E-state index contributed by atoms with van der Waals surface area (Å²) < 4.78 is 21.5. The molecule has 31 heavy (non-hydrogen) atoms. The fraction of sp³-hybridized carbons (Fsp3) is 0.565. The van der Waals surface area contributed by atoms with Crippen molar-refractivity contribution in [1.82, 2.24) is 14.9 Å². The average molecular weight is 430 g/mol. The summed E-state index contributed by atoms with van der Waals surface area (Å²) in [5.41, 5.74) is 0.812. The van der Waals surface area contributed by atoms with Crippen LogP contribution in [0.3, 0.4) is 0 Å². The standard InChI is InChI=1S/C23H31N3O5/c1-28-19-9-8-15(10-20(19)29-2)12-26-13-16-6-5-7-17(14-26)23(16,27)18-11-24-22(31-4)25-21(18)30-3/h8-11,16-17,27H,5-7,12-14H2,1-4H3. The van der Waals surface area contributed by atoms with E-state index in [0.717, 1.165) is 56.0 Å². The molecule has 1 aromatic heterocycles. The molecular weight excluding hydrogens is 398 g/mol. The maximum atomic E-state index is 12.0. The third-order valence-corrected chi connectivity index (χ3v) is 6.70. The monoisotopic (exact) mass is 429 g/mol. The van der Waals surface area contributed by atoms with Crippen molar-refractivity contribution in [2.24, 2.45) is 11.8 Å². The van der Waals surface area contributed by atoms with Gasteiger partial charge < -0.3 is 24.1 Å². The van der Waals surface area contributed by atoms with Crippen molar-refractivity contribution in [1.29, 1.82) is 0 Å². The van der Waals surface area contributed by atoms with Gasteiger partial charge in [0.15, 0.2) is 11.5 Å². The van der Waals surface area contributed by atoms with Crippen molar-refractivity contribution >= 4 is 0 Å². The van der Waals surface area contributed by atoms with E-state index in [9.17, 15) is 5.11 Å². The molecule has 2 aromatic rings. The number of piperidine rings is 1. The molecule has 168 valence electrons. The summed E-state index contributed by atoms with van der Waals surface area (Å²) >= 11 is 0. The van der Waals surface area contributed by atoms with Gasteiger partial charge in [0, 0.05) is 37.7 Å². The van der Waals surface area contributed by atoms with Crippen LogP contribution in [0.4, 0.5) is 0 Å². The van der Waals surface area contributed by atoms with Crippen LogP contribution in [-0.4, -0.2) is 61.5 Å². The van der Waals surface area contributed by atoms with Crippen LogP contribution < -0.4 is 18.9 Å². The molecule has 2 aliphatic rings. The van der Waals surface area contributed by atoms with E-state index in [-0.39, 0.29) is 17.8 Å². The maximum Gasteiger partial charge on any atom is 0.319 e. The minimum absolute atomic E-state index is 0.0750. The number of nitrogens with zero attached hydrogens (tertiary/aromatic N) is 3. The van der Waals surface area contributed by atoms with E-state index in [1.165, 1.54) is 7.11 Å². The van der Waals surface area contributed by atoms with E-state index in [2.05, 4.69) is 20.9 Å². The molecule has 4 rings (SSSR count). The summed E-state index contributed by atoms with van der Waals surface area (Å²) in [7, 11) is 6.37. The Labute approximate surface area is 183 Å². The van der Waals surface area contributed by atoms with Crippen molar-refractivity contribution in [3.63, 3.8) is 0 Å². The van der Waals surface area contributed by atoms with E-state index in [4.69, 9.17) is 18.9 Å². The van der Waals surface area contributed by atoms with Crippen molar-refractivity contribution in [2.45, 2.75) is 31.4 Å². The van der Waals surface area contributed by atoms with Gasteiger partial charge in [-0.05, 0) is 30.5 Å². The lowest BCUT2D eigenvalue weighted by Gasteiger charge is -2.53. The summed E-state index contributed by atoms with van der Waals surface area (Å²) in [4.78, 5) is 11.0. The molecule has 1 N–H and O–H groups in total. The lowest BCUT2D eigenvalue weighted by Crippen LogP contribution is -2.58. The largest absolute Gasteiger partial charge is 0.493 e. The second-order valence-electron chi connectivity index (χ2n) is 8.31. The fourth-order valence-corrected chi connectivity index (χ4v) is 5.23. The highest BCUT2D eigenvalue weighted by molar-refractivity contribution is 5.43. The van der Waals surface area contributed by atoms with Gasteiger partial charge in [-0.15, -0.1) is 0 Å². The first-order valence-electron chi connectivity index (χ1n) is 10.6. The first-order chi connectivity index (χ1) is 15.0. The van der Waals surface area contributed by atoms with Gasteiger partial charge in [-0.2, -0.15) is 4.98 Å². The number of hydrogen-bond acceptors (Lipinski definition) is 8. The number of fused-ring (bicyclic) bond motifs is 2.